The fraction of sp³-hybridized carbons (Fsp3) is 0.300. The second-order valence-electron chi connectivity index (χ2n) is 7.70. The van der Waals surface area contributed by atoms with E-state index in [0.29, 0.717) is 0 Å². The summed E-state index contributed by atoms with van der Waals surface area (Å²) in [7, 11) is 1.23. The van der Waals surface area contributed by atoms with Crippen LogP contribution in [0.5, 0.6) is 0 Å². The number of Topliss-reactive ketones (excluding diaryl/α,β-unsaturated/α-hetero) is 1. The van der Waals surface area contributed by atoms with Gasteiger partial charge < -0.3 is 15.2 Å². The van der Waals surface area contributed by atoms with E-state index in [2.05, 4.69) is 26.2 Å². The highest BCUT2D eigenvalue weighted by atomic mass is 79.9. The SMILES string of the molecule is CN(C(=O)c1[nH]c(Br)c(C(=O)C(=O)NC2(C)CC(F)(F)C2)c1F)c1ccc(F)c(C#N)c1. The maximum atomic E-state index is 15.0. The number of alkyl halides is 2. The van der Waals surface area contributed by atoms with E-state index in [1.165, 1.54) is 20.0 Å². The van der Waals surface area contributed by atoms with Gasteiger partial charge in [-0.1, -0.05) is 0 Å². The number of anilines is 1. The molecule has 1 aliphatic rings. The summed E-state index contributed by atoms with van der Waals surface area (Å²) in [6.45, 7) is 1.33. The Hall–Kier alpha value is -3.20. The number of nitrogens with zero attached hydrogens (tertiary/aromatic N) is 2. The molecule has 0 atom stereocenters. The molecule has 0 radical (unpaired) electrons. The van der Waals surface area contributed by atoms with Crippen LogP contribution in [0.3, 0.4) is 0 Å². The third-order valence-corrected chi connectivity index (χ3v) is 5.61. The minimum Gasteiger partial charge on any atom is -0.344 e. The Morgan fingerprint density at radius 1 is 1.25 bits per heavy atom. The highest BCUT2D eigenvalue weighted by Gasteiger charge is 2.55. The Labute approximate surface area is 187 Å². The summed E-state index contributed by atoms with van der Waals surface area (Å²) in [4.78, 5) is 40.7. The molecule has 1 aromatic heterocycles. The number of nitriles is 1. The molecule has 2 amide bonds. The van der Waals surface area contributed by atoms with E-state index in [4.69, 9.17) is 5.26 Å². The lowest BCUT2D eigenvalue weighted by Crippen LogP contribution is -2.61. The third-order valence-electron chi connectivity index (χ3n) is 5.02. The number of rotatable bonds is 5. The number of nitrogens with one attached hydrogen (secondary N) is 2. The number of aromatic nitrogens is 1. The van der Waals surface area contributed by atoms with Gasteiger partial charge in [0.15, 0.2) is 5.82 Å². The van der Waals surface area contributed by atoms with Gasteiger partial charge in [-0.05, 0) is 41.1 Å². The van der Waals surface area contributed by atoms with Gasteiger partial charge in [-0.25, -0.2) is 17.6 Å². The quantitative estimate of drug-likeness (QED) is 0.360. The average molecular weight is 515 g/mol. The predicted octanol–water partition coefficient (Wildman–Crippen LogP) is 3.69. The highest BCUT2D eigenvalue weighted by Crippen LogP contribution is 2.45. The molecule has 0 saturated heterocycles. The van der Waals surface area contributed by atoms with E-state index in [0.717, 1.165) is 17.0 Å². The molecule has 1 aromatic carbocycles. The number of aromatic amines is 1. The molecule has 32 heavy (non-hydrogen) atoms. The van der Waals surface area contributed by atoms with Crippen molar-refractivity contribution in [2.24, 2.45) is 0 Å². The van der Waals surface area contributed by atoms with Gasteiger partial charge in [-0.3, -0.25) is 14.4 Å². The summed E-state index contributed by atoms with van der Waals surface area (Å²) in [6, 6.07) is 4.85. The third kappa shape index (κ3) is 4.25. The van der Waals surface area contributed by atoms with Crippen molar-refractivity contribution in [3.05, 3.63) is 51.3 Å². The Balaban J connectivity index is 1.84. The number of carbonyl (C=O) groups is 3. The first-order valence-electron chi connectivity index (χ1n) is 9.08. The van der Waals surface area contributed by atoms with Crippen molar-refractivity contribution in [2.75, 3.05) is 11.9 Å². The molecular formula is C20H15BrF4N4O3. The van der Waals surface area contributed by atoms with Crippen LogP contribution >= 0.6 is 15.9 Å². The molecular weight excluding hydrogens is 500 g/mol. The normalized spacial score (nSPS) is 15.9. The Bertz CT molecular complexity index is 1180. The van der Waals surface area contributed by atoms with Crippen LogP contribution in [0.15, 0.2) is 22.8 Å². The van der Waals surface area contributed by atoms with Crippen LogP contribution in [0.1, 0.15) is 46.2 Å². The number of hydrogen-bond acceptors (Lipinski definition) is 4. The summed E-state index contributed by atoms with van der Waals surface area (Å²) in [5.41, 5.74) is -3.03. The minimum absolute atomic E-state index is 0.0718. The molecule has 1 aliphatic carbocycles. The molecule has 1 heterocycles. The first kappa shape index (κ1) is 23.5. The van der Waals surface area contributed by atoms with E-state index >= 15 is 0 Å². The summed E-state index contributed by atoms with van der Waals surface area (Å²) in [5.74, 6) is -8.74. The molecule has 0 spiro atoms. The van der Waals surface area contributed by atoms with Gasteiger partial charge in [0.05, 0.1) is 15.7 Å². The van der Waals surface area contributed by atoms with E-state index in [1.54, 1.807) is 6.07 Å². The number of benzene rings is 1. The Kier molecular flexibility index (Phi) is 5.90. The van der Waals surface area contributed by atoms with Gasteiger partial charge in [-0.2, -0.15) is 5.26 Å². The zero-order valence-electron chi connectivity index (χ0n) is 16.7. The van der Waals surface area contributed by atoms with Crippen molar-refractivity contribution >= 4 is 39.2 Å². The van der Waals surface area contributed by atoms with Crippen LogP contribution in [0.25, 0.3) is 0 Å². The molecule has 0 aliphatic heterocycles. The standard InChI is InChI=1S/C20H15BrF4N4O3/c1-19(7-20(24,25)8-19)28-17(31)15(30)12-13(23)14(27-16(12)21)18(32)29(2)10-3-4-11(22)9(5-10)6-26/h3-5,27H,7-8H2,1-2H3,(H,28,31). The van der Waals surface area contributed by atoms with Crippen molar-refractivity contribution in [1.82, 2.24) is 10.3 Å². The van der Waals surface area contributed by atoms with Gasteiger partial charge in [0.2, 0.25) is 0 Å². The zero-order chi connectivity index (χ0) is 24.0. The average Bonchev–Trinajstić information content (AvgIpc) is 2.98. The fourth-order valence-corrected chi connectivity index (χ4v) is 4.06. The molecule has 3 rings (SSSR count). The minimum atomic E-state index is -2.96. The number of ketones is 1. The van der Waals surface area contributed by atoms with Crippen molar-refractivity contribution in [1.29, 1.82) is 5.26 Å². The van der Waals surface area contributed by atoms with Crippen molar-refractivity contribution in [2.45, 2.75) is 31.2 Å². The van der Waals surface area contributed by atoms with Gasteiger partial charge in [0.1, 0.15) is 17.6 Å². The lowest BCUT2D eigenvalue weighted by atomic mass is 9.75. The van der Waals surface area contributed by atoms with Crippen molar-refractivity contribution < 1.29 is 31.9 Å². The van der Waals surface area contributed by atoms with Crippen LogP contribution in [-0.2, 0) is 4.79 Å². The number of amides is 2. The molecule has 1 saturated carbocycles. The number of hydrogen-bond donors (Lipinski definition) is 2. The predicted molar refractivity (Wildman–Crippen MR) is 107 cm³/mol. The fourth-order valence-electron chi connectivity index (χ4n) is 3.51. The molecule has 2 aromatic rings. The van der Waals surface area contributed by atoms with Gasteiger partial charge in [-0.15, -0.1) is 0 Å². The lowest BCUT2D eigenvalue weighted by Gasteiger charge is -2.44. The Morgan fingerprint density at radius 2 is 1.88 bits per heavy atom. The van der Waals surface area contributed by atoms with E-state index < -0.39 is 64.8 Å². The van der Waals surface area contributed by atoms with Crippen LogP contribution in [0, 0.1) is 23.0 Å². The second kappa shape index (κ2) is 8.05. The summed E-state index contributed by atoms with van der Waals surface area (Å²) in [5, 5.41) is 11.1. The maximum absolute atomic E-state index is 15.0. The molecule has 0 bridgehead atoms. The summed E-state index contributed by atoms with van der Waals surface area (Å²) in [6.07, 6.45) is -1.32. The molecule has 0 unspecified atom stereocenters. The first-order chi connectivity index (χ1) is 14.8. The summed E-state index contributed by atoms with van der Waals surface area (Å²) >= 11 is 2.89. The topological polar surface area (TPSA) is 106 Å². The molecule has 1 fully saturated rings. The van der Waals surface area contributed by atoms with Crippen LogP contribution < -0.4 is 10.2 Å². The second-order valence-corrected chi connectivity index (χ2v) is 8.49. The smallest absolute Gasteiger partial charge is 0.293 e. The lowest BCUT2D eigenvalue weighted by molar-refractivity contribution is -0.140. The van der Waals surface area contributed by atoms with Crippen LogP contribution in [0.2, 0.25) is 0 Å². The number of halogens is 5. The van der Waals surface area contributed by atoms with Crippen LogP contribution in [0.4, 0.5) is 23.2 Å². The van der Waals surface area contributed by atoms with Crippen molar-refractivity contribution in [3.8, 4) is 6.07 Å². The van der Waals surface area contributed by atoms with Crippen LogP contribution in [-0.4, -0.2) is 41.1 Å². The largest absolute Gasteiger partial charge is 0.344 e. The van der Waals surface area contributed by atoms with Gasteiger partial charge >= 0.3 is 0 Å². The van der Waals surface area contributed by atoms with Gasteiger partial charge in [0, 0.05) is 31.1 Å². The Morgan fingerprint density at radius 3 is 2.44 bits per heavy atom. The maximum Gasteiger partial charge on any atom is 0.293 e. The molecule has 2 N–H and O–H groups in total. The molecule has 168 valence electrons. The van der Waals surface area contributed by atoms with E-state index in [-0.39, 0.29) is 15.9 Å². The van der Waals surface area contributed by atoms with Crippen molar-refractivity contribution in [3.63, 3.8) is 0 Å². The number of carbonyl (C=O) groups excluding carboxylic acids is 3. The monoisotopic (exact) mass is 514 g/mol. The highest BCUT2D eigenvalue weighted by molar-refractivity contribution is 9.10. The zero-order valence-corrected chi connectivity index (χ0v) is 18.2. The van der Waals surface area contributed by atoms with E-state index in [1.807, 2.05) is 0 Å². The van der Waals surface area contributed by atoms with Gasteiger partial charge in [0.25, 0.3) is 23.5 Å². The molecule has 12 heteroatoms. The first-order valence-corrected chi connectivity index (χ1v) is 9.87. The van der Waals surface area contributed by atoms with E-state index in [9.17, 15) is 31.9 Å². The number of H-pyrrole nitrogens is 1. The molecule has 7 nitrogen and oxygen atoms in total. The summed E-state index contributed by atoms with van der Waals surface area (Å²) < 4.78 is 54.4.